The van der Waals surface area contributed by atoms with Gasteiger partial charge in [-0.2, -0.15) is 0 Å². The topological polar surface area (TPSA) is 12.9 Å². The highest BCUT2D eigenvalue weighted by Gasteiger charge is 1.95. The molecule has 1 aromatic rings. The van der Waals surface area contributed by atoms with Gasteiger partial charge in [0.25, 0.3) is 0 Å². The summed E-state index contributed by atoms with van der Waals surface area (Å²) in [7, 11) is 3.73. The molecule has 1 heterocycles. The second-order valence-electron chi connectivity index (χ2n) is 4.55. The van der Waals surface area contributed by atoms with E-state index >= 15 is 0 Å². The Kier molecular flexibility index (Phi) is 10.5. The Morgan fingerprint density at radius 1 is 0.944 bits per heavy atom. The van der Waals surface area contributed by atoms with Crippen LogP contribution in [0.5, 0.6) is 0 Å². The highest BCUT2D eigenvalue weighted by atomic mass is 33.1. The molecule has 0 aliphatic heterocycles. The van der Waals surface area contributed by atoms with Gasteiger partial charge >= 0.3 is 0 Å². The van der Waals surface area contributed by atoms with Crippen LogP contribution in [-0.4, -0.2) is 10.7 Å². The summed E-state index contributed by atoms with van der Waals surface area (Å²) in [5, 5.41) is 1.13. The van der Waals surface area contributed by atoms with Gasteiger partial charge in [0, 0.05) is 11.9 Å². The number of rotatable bonds is 11. The second kappa shape index (κ2) is 11.9. The summed E-state index contributed by atoms with van der Waals surface area (Å²) in [5.41, 5.74) is 0. The molecular weight excluding hydrogens is 258 g/mol. The summed E-state index contributed by atoms with van der Waals surface area (Å²) in [4.78, 5) is 4.30. The smallest absolute Gasteiger partial charge is 0.106 e. The largest absolute Gasteiger partial charge is 0.249 e. The van der Waals surface area contributed by atoms with Gasteiger partial charge in [-0.3, -0.25) is 0 Å². The molecule has 3 heteroatoms. The molecule has 0 fully saturated rings. The van der Waals surface area contributed by atoms with Crippen LogP contribution in [-0.2, 0) is 0 Å². The van der Waals surface area contributed by atoms with Gasteiger partial charge < -0.3 is 0 Å². The molecule has 1 aromatic heterocycles. The van der Waals surface area contributed by atoms with Crippen molar-refractivity contribution in [3.05, 3.63) is 24.4 Å². The second-order valence-corrected chi connectivity index (χ2v) is 6.98. The van der Waals surface area contributed by atoms with E-state index in [1.54, 1.807) is 10.8 Å². The van der Waals surface area contributed by atoms with E-state index in [0.29, 0.717) is 0 Å². The minimum absolute atomic E-state index is 1.13. The van der Waals surface area contributed by atoms with Crippen molar-refractivity contribution >= 4 is 21.6 Å². The van der Waals surface area contributed by atoms with Crippen LogP contribution < -0.4 is 0 Å². The lowest BCUT2D eigenvalue weighted by Gasteiger charge is -2.01. The molecule has 0 aliphatic carbocycles. The summed E-state index contributed by atoms with van der Waals surface area (Å²) in [6, 6.07) is 6.09. The van der Waals surface area contributed by atoms with Crippen LogP contribution in [0.15, 0.2) is 29.4 Å². The van der Waals surface area contributed by atoms with Gasteiger partial charge in [-0.25, -0.2) is 4.98 Å². The van der Waals surface area contributed by atoms with Gasteiger partial charge in [0.2, 0.25) is 0 Å². The van der Waals surface area contributed by atoms with Crippen LogP contribution in [0.3, 0.4) is 0 Å². The molecule has 0 saturated carbocycles. The Labute approximate surface area is 120 Å². The first kappa shape index (κ1) is 15.9. The van der Waals surface area contributed by atoms with Crippen molar-refractivity contribution in [3.63, 3.8) is 0 Å². The third kappa shape index (κ3) is 8.87. The molecule has 0 aliphatic rings. The molecule has 0 bridgehead atoms. The molecule has 0 amide bonds. The van der Waals surface area contributed by atoms with E-state index in [4.69, 9.17) is 0 Å². The molecule has 0 atom stereocenters. The molecule has 0 saturated heterocycles. The summed E-state index contributed by atoms with van der Waals surface area (Å²) in [5.74, 6) is 1.25. The van der Waals surface area contributed by atoms with Crippen molar-refractivity contribution < 1.29 is 0 Å². The van der Waals surface area contributed by atoms with Crippen molar-refractivity contribution in [2.45, 2.75) is 63.3 Å². The average molecular weight is 284 g/mol. The fourth-order valence-corrected chi connectivity index (χ4v) is 3.82. The standard InChI is InChI=1S/C15H25NS2/c1-2-3-4-5-6-7-8-11-14-17-18-15-12-9-10-13-16-15/h9-10,12-13H,2-8,11,14H2,1H3. The predicted octanol–water partition coefficient (Wildman–Crippen LogP) is 5.96. The van der Waals surface area contributed by atoms with Crippen LogP contribution >= 0.6 is 21.6 Å². The van der Waals surface area contributed by atoms with Crippen LogP contribution in [0, 0.1) is 0 Å². The molecular formula is C15H25NS2. The van der Waals surface area contributed by atoms with Crippen LogP contribution in [0.4, 0.5) is 0 Å². The van der Waals surface area contributed by atoms with E-state index in [2.05, 4.69) is 18.0 Å². The fourth-order valence-electron chi connectivity index (χ4n) is 1.79. The van der Waals surface area contributed by atoms with Gasteiger partial charge in [-0.05, 0) is 29.3 Å². The number of hydrogen-bond donors (Lipinski definition) is 0. The lowest BCUT2D eigenvalue weighted by molar-refractivity contribution is 0.586. The van der Waals surface area contributed by atoms with Crippen molar-refractivity contribution in [2.24, 2.45) is 0 Å². The van der Waals surface area contributed by atoms with Crippen molar-refractivity contribution in [1.82, 2.24) is 4.98 Å². The van der Waals surface area contributed by atoms with Crippen LogP contribution in [0.25, 0.3) is 0 Å². The van der Waals surface area contributed by atoms with Crippen LogP contribution in [0.2, 0.25) is 0 Å². The van der Waals surface area contributed by atoms with Gasteiger partial charge in [0.15, 0.2) is 0 Å². The van der Waals surface area contributed by atoms with Gasteiger partial charge in [0.05, 0.1) is 0 Å². The molecule has 0 spiro atoms. The SMILES string of the molecule is CCCCCCCCCCSSc1ccccn1. The minimum Gasteiger partial charge on any atom is -0.249 e. The zero-order valence-corrected chi connectivity index (χ0v) is 13.1. The molecule has 0 aromatic carbocycles. The molecule has 0 unspecified atom stereocenters. The van der Waals surface area contributed by atoms with Gasteiger partial charge in [-0.15, -0.1) is 0 Å². The molecule has 0 N–H and O–H groups in total. The molecule has 18 heavy (non-hydrogen) atoms. The third-order valence-corrected chi connectivity index (χ3v) is 5.21. The van der Waals surface area contributed by atoms with E-state index in [1.165, 1.54) is 57.1 Å². The number of unbranched alkanes of at least 4 members (excludes halogenated alkanes) is 7. The van der Waals surface area contributed by atoms with E-state index in [9.17, 15) is 0 Å². The molecule has 102 valence electrons. The number of aromatic nitrogens is 1. The highest BCUT2D eigenvalue weighted by Crippen LogP contribution is 2.29. The number of pyridine rings is 1. The maximum absolute atomic E-state index is 4.30. The average Bonchev–Trinajstić information content (AvgIpc) is 2.42. The van der Waals surface area contributed by atoms with Crippen LogP contribution in [0.1, 0.15) is 58.3 Å². The first-order valence-electron chi connectivity index (χ1n) is 7.14. The quantitative estimate of drug-likeness (QED) is 0.367. The Balaban J connectivity index is 1.82. The Bertz CT molecular complexity index is 277. The van der Waals surface area contributed by atoms with E-state index < -0.39 is 0 Å². The Hall–Kier alpha value is -0.150. The molecule has 1 rings (SSSR count). The maximum Gasteiger partial charge on any atom is 0.106 e. The summed E-state index contributed by atoms with van der Waals surface area (Å²) < 4.78 is 0. The first-order valence-corrected chi connectivity index (χ1v) is 9.46. The molecule has 1 nitrogen and oxygen atoms in total. The lowest BCUT2D eigenvalue weighted by Crippen LogP contribution is -1.82. The number of nitrogens with zero attached hydrogens (tertiary/aromatic N) is 1. The third-order valence-electron chi connectivity index (χ3n) is 2.86. The normalized spacial score (nSPS) is 10.7. The van der Waals surface area contributed by atoms with Gasteiger partial charge in [-0.1, -0.05) is 68.7 Å². The minimum atomic E-state index is 1.13. The van der Waals surface area contributed by atoms with Gasteiger partial charge in [0.1, 0.15) is 5.03 Å². The van der Waals surface area contributed by atoms with Crippen molar-refractivity contribution in [3.8, 4) is 0 Å². The summed E-state index contributed by atoms with van der Waals surface area (Å²) in [6.07, 6.45) is 13.1. The molecule has 0 radical (unpaired) electrons. The predicted molar refractivity (Wildman–Crippen MR) is 85.2 cm³/mol. The first-order chi connectivity index (χ1) is 8.93. The Morgan fingerprint density at radius 3 is 2.33 bits per heavy atom. The monoisotopic (exact) mass is 283 g/mol. The zero-order chi connectivity index (χ0) is 12.9. The fraction of sp³-hybridized carbons (Fsp3) is 0.667. The zero-order valence-electron chi connectivity index (χ0n) is 11.4. The van der Waals surface area contributed by atoms with Crippen molar-refractivity contribution in [2.75, 3.05) is 5.75 Å². The van der Waals surface area contributed by atoms with E-state index in [0.717, 1.165) is 5.03 Å². The maximum atomic E-state index is 4.30. The van der Waals surface area contributed by atoms with E-state index in [-0.39, 0.29) is 0 Å². The lowest BCUT2D eigenvalue weighted by atomic mass is 10.1. The number of hydrogen-bond acceptors (Lipinski definition) is 3. The summed E-state index contributed by atoms with van der Waals surface area (Å²) in [6.45, 7) is 2.27. The Morgan fingerprint density at radius 2 is 1.67 bits per heavy atom. The summed E-state index contributed by atoms with van der Waals surface area (Å²) >= 11 is 0. The van der Waals surface area contributed by atoms with Crippen molar-refractivity contribution in [1.29, 1.82) is 0 Å². The van der Waals surface area contributed by atoms with E-state index in [1.807, 2.05) is 29.1 Å². The highest BCUT2D eigenvalue weighted by molar-refractivity contribution is 8.76.